The van der Waals surface area contributed by atoms with Gasteiger partial charge in [0.1, 0.15) is 0 Å². The van der Waals surface area contributed by atoms with Crippen molar-refractivity contribution >= 4 is 15.9 Å². The highest BCUT2D eigenvalue weighted by Crippen LogP contribution is 2.15. The van der Waals surface area contributed by atoms with Crippen LogP contribution in [0, 0.1) is 0 Å². The van der Waals surface area contributed by atoms with Crippen molar-refractivity contribution in [2.75, 3.05) is 32.0 Å². The van der Waals surface area contributed by atoms with Gasteiger partial charge >= 0.3 is 0 Å². The van der Waals surface area contributed by atoms with Gasteiger partial charge in [-0.1, -0.05) is 107 Å². The van der Waals surface area contributed by atoms with E-state index in [1.54, 1.807) is 0 Å². The quantitative estimate of drug-likeness (QED) is 0.0862. The van der Waals surface area contributed by atoms with E-state index in [2.05, 4.69) is 36.8 Å². The first-order valence-corrected chi connectivity index (χ1v) is 12.7. The van der Waals surface area contributed by atoms with Crippen molar-refractivity contribution in [3.05, 3.63) is 0 Å². The van der Waals surface area contributed by atoms with Crippen LogP contribution in [0.5, 0.6) is 0 Å². The number of unbranched alkanes of at least 4 members (excludes halogenated alkanes) is 14. The van der Waals surface area contributed by atoms with Gasteiger partial charge in [0.05, 0.1) is 32.0 Å². The molecule has 0 aliphatic rings. The summed E-state index contributed by atoms with van der Waals surface area (Å²) in [4.78, 5) is 0. The van der Waals surface area contributed by atoms with E-state index < -0.39 is 0 Å². The van der Waals surface area contributed by atoms with E-state index in [-0.39, 0.29) is 24.0 Å². The molecule has 1 nitrogen and oxygen atoms in total. The average Bonchev–Trinajstić information content (AvgIpc) is 2.60. The van der Waals surface area contributed by atoms with Crippen LogP contribution in [0.15, 0.2) is 0 Å². The summed E-state index contributed by atoms with van der Waals surface area (Å²) in [6.45, 7) is 8.67. The Kier molecular flexibility index (Phi) is 25.4. The van der Waals surface area contributed by atoms with E-state index in [1.807, 2.05) is 0 Å². The van der Waals surface area contributed by atoms with Crippen LogP contribution in [0.4, 0.5) is 0 Å². The van der Waals surface area contributed by atoms with Crippen LogP contribution >= 0.6 is 15.9 Å². The van der Waals surface area contributed by atoms with Crippen LogP contribution in [0.25, 0.3) is 0 Å². The Labute approximate surface area is 192 Å². The molecule has 0 aliphatic carbocycles. The zero-order chi connectivity index (χ0) is 18.6. The van der Waals surface area contributed by atoms with Gasteiger partial charge in [-0.05, 0) is 25.7 Å². The predicted molar refractivity (Wildman–Crippen MR) is 120 cm³/mol. The number of quaternary nitrogens is 1. The molecule has 0 bridgehead atoms. The Balaban J connectivity index is 0. The Morgan fingerprint density at radius 1 is 0.500 bits per heavy atom. The Hall–Kier alpha value is 1.17. The third-order valence-corrected chi connectivity index (χ3v) is 6.08. The minimum absolute atomic E-state index is 0. The molecular formula is C23H49BrIN. The van der Waals surface area contributed by atoms with E-state index in [9.17, 15) is 0 Å². The molecule has 0 saturated carbocycles. The SMILES string of the molecule is CCCCCCCCCC[N+](C)(CCBr)CCCCCCCCCC.[I-]. The summed E-state index contributed by atoms with van der Waals surface area (Å²) in [6.07, 6.45) is 23.0. The first-order chi connectivity index (χ1) is 12.2. The molecule has 0 saturated heterocycles. The van der Waals surface area contributed by atoms with Crippen LogP contribution in [-0.2, 0) is 0 Å². The van der Waals surface area contributed by atoms with Crippen LogP contribution in [-0.4, -0.2) is 36.5 Å². The molecule has 160 valence electrons. The summed E-state index contributed by atoms with van der Waals surface area (Å²) >= 11 is 3.69. The maximum atomic E-state index is 3.69. The van der Waals surface area contributed by atoms with Gasteiger partial charge in [0.2, 0.25) is 0 Å². The molecule has 0 aromatic rings. The number of hydrogen-bond donors (Lipinski definition) is 0. The third kappa shape index (κ3) is 19.9. The molecule has 0 aromatic heterocycles. The summed E-state index contributed by atoms with van der Waals surface area (Å²) < 4.78 is 1.29. The second kappa shape index (κ2) is 22.5. The van der Waals surface area contributed by atoms with Crippen molar-refractivity contribution in [2.24, 2.45) is 0 Å². The van der Waals surface area contributed by atoms with E-state index in [0.29, 0.717) is 0 Å². The summed E-state index contributed by atoms with van der Waals surface area (Å²) in [6, 6.07) is 0. The molecule has 0 heterocycles. The molecule has 0 N–H and O–H groups in total. The number of hydrogen-bond acceptors (Lipinski definition) is 0. The first-order valence-electron chi connectivity index (χ1n) is 11.6. The smallest absolute Gasteiger partial charge is 0.0883 e. The number of alkyl halides is 1. The first kappa shape index (κ1) is 29.4. The van der Waals surface area contributed by atoms with Crippen molar-refractivity contribution in [3.63, 3.8) is 0 Å². The molecule has 0 radical (unpaired) electrons. The zero-order valence-corrected chi connectivity index (χ0v) is 22.1. The molecule has 0 atom stereocenters. The fraction of sp³-hybridized carbons (Fsp3) is 1.00. The molecule has 0 spiro atoms. The number of nitrogens with zero attached hydrogens (tertiary/aromatic N) is 1. The van der Waals surface area contributed by atoms with Crippen molar-refractivity contribution in [1.29, 1.82) is 0 Å². The largest absolute Gasteiger partial charge is 1.00 e. The third-order valence-electron chi connectivity index (χ3n) is 5.73. The average molecular weight is 546 g/mol. The maximum absolute atomic E-state index is 3.69. The van der Waals surface area contributed by atoms with Gasteiger partial charge in [-0.25, -0.2) is 0 Å². The van der Waals surface area contributed by atoms with Gasteiger partial charge in [-0.15, -0.1) is 0 Å². The molecular weight excluding hydrogens is 497 g/mol. The molecule has 26 heavy (non-hydrogen) atoms. The molecule has 0 rings (SSSR count). The van der Waals surface area contributed by atoms with E-state index in [1.165, 1.54) is 127 Å². The Morgan fingerprint density at radius 3 is 1.12 bits per heavy atom. The molecule has 0 fully saturated rings. The van der Waals surface area contributed by atoms with Crippen LogP contribution in [0.1, 0.15) is 117 Å². The van der Waals surface area contributed by atoms with E-state index in [0.717, 1.165) is 5.33 Å². The van der Waals surface area contributed by atoms with Gasteiger partial charge < -0.3 is 28.5 Å². The second-order valence-electron chi connectivity index (χ2n) is 8.43. The van der Waals surface area contributed by atoms with Crippen molar-refractivity contribution in [1.82, 2.24) is 0 Å². The molecule has 0 unspecified atom stereocenters. The summed E-state index contributed by atoms with van der Waals surface area (Å²) in [5.41, 5.74) is 0. The lowest BCUT2D eigenvalue weighted by atomic mass is 10.1. The normalized spacial score (nSPS) is 11.5. The fourth-order valence-corrected chi connectivity index (χ4v) is 4.65. The molecule has 3 heteroatoms. The molecule has 0 aromatic carbocycles. The number of halogens is 2. The van der Waals surface area contributed by atoms with Crippen LogP contribution < -0.4 is 24.0 Å². The highest BCUT2D eigenvalue weighted by Gasteiger charge is 2.19. The minimum Gasteiger partial charge on any atom is -1.00 e. The monoisotopic (exact) mass is 545 g/mol. The fourth-order valence-electron chi connectivity index (χ4n) is 3.79. The van der Waals surface area contributed by atoms with Crippen molar-refractivity contribution < 1.29 is 28.5 Å². The predicted octanol–water partition coefficient (Wildman–Crippen LogP) is 5.11. The van der Waals surface area contributed by atoms with E-state index >= 15 is 0 Å². The van der Waals surface area contributed by atoms with Gasteiger partial charge in [0.25, 0.3) is 0 Å². The van der Waals surface area contributed by atoms with Crippen LogP contribution in [0.2, 0.25) is 0 Å². The summed E-state index contributed by atoms with van der Waals surface area (Å²) in [7, 11) is 2.49. The standard InChI is InChI=1S/C23H49BrN.HI/c1-4-6-8-10-12-14-16-18-21-25(3,23-20-24)22-19-17-15-13-11-9-7-5-2;/h4-23H2,1-3H3;1H/q+1;/p-1. The van der Waals surface area contributed by atoms with Gasteiger partial charge in [-0.2, -0.15) is 0 Å². The van der Waals surface area contributed by atoms with Crippen LogP contribution in [0.3, 0.4) is 0 Å². The van der Waals surface area contributed by atoms with Gasteiger partial charge in [0.15, 0.2) is 0 Å². The lowest BCUT2D eigenvalue weighted by molar-refractivity contribution is -0.907. The van der Waals surface area contributed by atoms with E-state index in [4.69, 9.17) is 0 Å². The number of rotatable bonds is 20. The maximum Gasteiger partial charge on any atom is 0.0883 e. The zero-order valence-electron chi connectivity index (χ0n) is 18.3. The molecule has 0 amide bonds. The Morgan fingerprint density at radius 2 is 0.808 bits per heavy atom. The lowest BCUT2D eigenvalue weighted by Gasteiger charge is -2.34. The van der Waals surface area contributed by atoms with Gasteiger partial charge in [0, 0.05) is 0 Å². The highest BCUT2D eigenvalue weighted by atomic mass is 127. The molecule has 0 aliphatic heterocycles. The lowest BCUT2D eigenvalue weighted by Crippen LogP contribution is -3.00. The summed E-state index contributed by atoms with van der Waals surface area (Å²) in [5, 5.41) is 1.15. The van der Waals surface area contributed by atoms with Crippen molar-refractivity contribution in [2.45, 2.75) is 117 Å². The second-order valence-corrected chi connectivity index (χ2v) is 9.22. The minimum atomic E-state index is 0. The van der Waals surface area contributed by atoms with Crippen molar-refractivity contribution in [3.8, 4) is 0 Å². The topological polar surface area (TPSA) is 0 Å². The highest BCUT2D eigenvalue weighted by molar-refractivity contribution is 9.09. The van der Waals surface area contributed by atoms with Gasteiger partial charge in [-0.3, -0.25) is 0 Å². The summed E-state index contributed by atoms with van der Waals surface area (Å²) in [5.74, 6) is 0. The Bertz CT molecular complexity index is 241.